The maximum absolute atomic E-state index is 11.9. The van der Waals surface area contributed by atoms with Crippen molar-refractivity contribution in [3.05, 3.63) is 96.2 Å². The monoisotopic (exact) mass is 433 g/mol. The molecule has 4 rings (SSSR count). The number of nitrogens with zero attached hydrogens (tertiary/aromatic N) is 3. The van der Waals surface area contributed by atoms with Crippen LogP contribution in [0.4, 0.5) is 11.4 Å². The average Bonchev–Trinajstić information content (AvgIpc) is 2.85. The van der Waals surface area contributed by atoms with Crippen LogP contribution in [0.2, 0.25) is 0 Å². The van der Waals surface area contributed by atoms with Gasteiger partial charge in [-0.05, 0) is 53.9 Å². The second kappa shape index (κ2) is 10.2. The minimum absolute atomic E-state index is 0.136. The van der Waals surface area contributed by atoms with E-state index in [0.29, 0.717) is 12.1 Å². The van der Waals surface area contributed by atoms with Gasteiger partial charge < -0.3 is 10.6 Å². The number of benzene rings is 3. The molecule has 0 radical (unpaired) electrons. The van der Waals surface area contributed by atoms with E-state index >= 15 is 0 Å². The van der Waals surface area contributed by atoms with Crippen LogP contribution in [0.1, 0.15) is 18.1 Å². The van der Waals surface area contributed by atoms with Crippen LogP contribution in [0.3, 0.4) is 0 Å². The SMILES string of the molecule is CC(=O)Nc1ccc(-c2cccnn2)c(NCCc2ccc(C#N)cc2)c1-c1ccccc1. The van der Waals surface area contributed by atoms with Crippen LogP contribution in [0.15, 0.2) is 85.1 Å². The largest absolute Gasteiger partial charge is 0.384 e. The quantitative estimate of drug-likeness (QED) is 0.413. The highest BCUT2D eigenvalue weighted by atomic mass is 16.1. The van der Waals surface area contributed by atoms with E-state index in [9.17, 15) is 4.79 Å². The summed E-state index contributed by atoms with van der Waals surface area (Å²) >= 11 is 0. The first-order valence-corrected chi connectivity index (χ1v) is 10.7. The molecule has 6 heteroatoms. The van der Waals surface area contributed by atoms with E-state index in [4.69, 9.17) is 5.26 Å². The predicted molar refractivity (Wildman–Crippen MR) is 131 cm³/mol. The average molecular weight is 434 g/mol. The maximum Gasteiger partial charge on any atom is 0.221 e. The molecule has 162 valence electrons. The molecule has 0 aliphatic heterocycles. The molecule has 0 aliphatic rings. The fraction of sp³-hybridized carbons (Fsp3) is 0.111. The van der Waals surface area contributed by atoms with Gasteiger partial charge >= 0.3 is 0 Å². The number of amides is 1. The molecule has 0 saturated carbocycles. The van der Waals surface area contributed by atoms with Crippen molar-refractivity contribution >= 4 is 17.3 Å². The van der Waals surface area contributed by atoms with E-state index < -0.39 is 0 Å². The number of hydrogen-bond donors (Lipinski definition) is 2. The second-order valence-electron chi connectivity index (χ2n) is 7.55. The minimum Gasteiger partial charge on any atom is -0.384 e. The molecular weight excluding hydrogens is 410 g/mol. The Bertz CT molecular complexity index is 1280. The predicted octanol–water partition coefficient (Wildman–Crippen LogP) is 5.30. The summed E-state index contributed by atoms with van der Waals surface area (Å²) in [5.74, 6) is -0.136. The third kappa shape index (κ3) is 5.23. The summed E-state index contributed by atoms with van der Waals surface area (Å²) < 4.78 is 0. The maximum atomic E-state index is 11.9. The van der Waals surface area contributed by atoms with Crippen LogP contribution in [-0.4, -0.2) is 22.6 Å². The third-order valence-corrected chi connectivity index (χ3v) is 5.23. The molecule has 0 spiro atoms. The molecule has 33 heavy (non-hydrogen) atoms. The zero-order valence-electron chi connectivity index (χ0n) is 18.2. The van der Waals surface area contributed by atoms with Gasteiger partial charge in [0.15, 0.2) is 0 Å². The van der Waals surface area contributed by atoms with Gasteiger partial charge in [0.25, 0.3) is 0 Å². The number of carbonyl (C=O) groups is 1. The van der Waals surface area contributed by atoms with Crippen LogP contribution >= 0.6 is 0 Å². The van der Waals surface area contributed by atoms with E-state index in [1.54, 1.807) is 6.20 Å². The number of rotatable bonds is 7. The summed E-state index contributed by atoms with van der Waals surface area (Å²) in [5.41, 5.74) is 6.89. The third-order valence-electron chi connectivity index (χ3n) is 5.23. The highest BCUT2D eigenvalue weighted by molar-refractivity contribution is 6.02. The molecule has 4 aromatic rings. The molecule has 0 atom stereocenters. The lowest BCUT2D eigenvalue weighted by Gasteiger charge is -2.20. The lowest BCUT2D eigenvalue weighted by atomic mass is 9.95. The van der Waals surface area contributed by atoms with E-state index in [2.05, 4.69) is 26.9 Å². The summed E-state index contributed by atoms with van der Waals surface area (Å²) in [6.07, 6.45) is 2.41. The Labute approximate surface area is 192 Å². The highest BCUT2D eigenvalue weighted by Crippen LogP contribution is 2.41. The van der Waals surface area contributed by atoms with E-state index in [0.717, 1.165) is 45.7 Å². The van der Waals surface area contributed by atoms with Crippen molar-refractivity contribution in [2.45, 2.75) is 13.3 Å². The lowest BCUT2D eigenvalue weighted by Crippen LogP contribution is -2.11. The van der Waals surface area contributed by atoms with Gasteiger partial charge in [0.05, 0.1) is 28.7 Å². The summed E-state index contributed by atoms with van der Waals surface area (Å²) in [5, 5.41) is 23.9. The molecule has 0 fully saturated rings. The Morgan fingerprint density at radius 3 is 2.42 bits per heavy atom. The van der Waals surface area contributed by atoms with Gasteiger partial charge in [-0.2, -0.15) is 15.5 Å². The number of anilines is 2. The van der Waals surface area contributed by atoms with Crippen molar-refractivity contribution in [1.82, 2.24) is 10.2 Å². The smallest absolute Gasteiger partial charge is 0.221 e. The van der Waals surface area contributed by atoms with Crippen LogP contribution in [-0.2, 0) is 11.2 Å². The molecule has 0 bridgehead atoms. The van der Waals surface area contributed by atoms with Gasteiger partial charge in [-0.1, -0.05) is 42.5 Å². The van der Waals surface area contributed by atoms with Crippen LogP contribution in [0.5, 0.6) is 0 Å². The fourth-order valence-electron chi connectivity index (χ4n) is 3.72. The normalized spacial score (nSPS) is 10.3. The Kier molecular flexibility index (Phi) is 6.72. The molecule has 3 aromatic carbocycles. The first-order valence-electron chi connectivity index (χ1n) is 10.7. The molecule has 0 aliphatic carbocycles. The van der Waals surface area contributed by atoms with E-state index in [1.165, 1.54) is 6.92 Å². The molecule has 1 heterocycles. The van der Waals surface area contributed by atoms with Gasteiger partial charge in [-0.3, -0.25) is 4.79 Å². The Morgan fingerprint density at radius 2 is 1.76 bits per heavy atom. The number of nitrogens with one attached hydrogen (secondary N) is 2. The zero-order chi connectivity index (χ0) is 23.0. The van der Waals surface area contributed by atoms with Crippen molar-refractivity contribution in [2.24, 2.45) is 0 Å². The van der Waals surface area contributed by atoms with Crippen molar-refractivity contribution in [3.8, 4) is 28.5 Å². The van der Waals surface area contributed by atoms with Gasteiger partial charge in [0.2, 0.25) is 5.91 Å². The van der Waals surface area contributed by atoms with Gasteiger partial charge in [-0.25, -0.2) is 0 Å². The highest BCUT2D eigenvalue weighted by Gasteiger charge is 2.18. The number of carbonyl (C=O) groups excluding carboxylic acids is 1. The number of aromatic nitrogens is 2. The molecule has 6 nitrogen and oxygen atoms in total. The number of nitriles is 1. The minimum atomic E-state index is -0.136. The van der Waals surface area contributed by atoms with Crippen molar-refractivity contribution in [1.29, 1.82) is 5.26 Å². The first-order chi connectivity index (χ1) is 16.2. The number of hydrogen-bond acceptors (Lipinski definition) is 5. The Hall–Kier alpha value is -4.50. The van der Waals surface area contributed by atoms with Gasteiger partial charge in [0.1, 0.15) is 0 Å². The fourth-order valence-corrected chi connectivity index (χ4v) is 3.72. The van der Waals surface area contributed by atoms with Crippen molar-refractivity contribution in [3.63, 3.8) is 0 Å². The molecule has 1 aromatic heterocycles. The molecule has 2 N–H and O–H groups in total. The van der Waals surface area contributed by atoms with Gasteiger partial charge in [0, 0.05) is 30.8 Å². The Balaban J connectivity index is 1.76. The molecule has 1 amide bonds. The van der Waals surface area contributed by atoms with Crippen LogP contribution in [0, 0.1) is 11.3 Å². The summed E-state index contributed by atoms with van der Waals surface area (Å²) in [7, 11) is 0. The lowest BCUT2D eigenvalue weighted by molar-refractivity contribution is -0.114. The standard InChI is InChI=1S/C27H23N5O/c1-19(33)31-25-14-13-23(24-8-5-16-30-32-24)27(26(25)22-6-3-2-4-7-22)29-17-15-20-9-11-21(18-28)12-10-20/h2-14,16,29H,15,17H2,1H3,(H,31,33). The first kappa shape index (κ1) is 21.7. The summed E-state index contributed by atoms with van der Waals surface area (Å²) in [4.78, 5) is 11.9. The summed E-state index contributed by atoms with van der Waals surface area (Å²) in [6.45, 7) is 2.16. The summed E-state index contributed by atoms with van der Waals surface area (Å²) in [6, 6.07) is 27.3. The van der Waals surface area contributed by atoms with Crippen LogP contribution < -0.4 is 10.6 Å². The van der Waals surface area contributed by atoms with Crippen LogP contribution in [0.25, 0.3) is 22.4 Å². The van der Waals surface area contributed by atoms with Crippen molar-refractivity contribution < 1.29 is 4.79 Å². The van der Waals surface area contributed by atoms with E-state index in [1.807, 2.05) is 78.9 Å². The second-order valence-corrected chi connectivity index (χ2v) is 7.55. The van der Waals surface area contributed by atoms with Crippen molar-refractivity contribution in [2.75, 3.05) is 17.2 Å². The molecule has 0 unspecified atom stereocenters. The zero-order valence-corrected chi connectivity index (χ0v) is 18.2. The molecular formula is C27H23N5O. The van der Waals surface area contributed by atoms with Gasteiger partial charge in [-0.15, -0.1) is 0 Å². The Morgan fingerprint density at radius 1 is 0.970 bits per heavy atom. The molecule has 0 saturated heterocycles. The topological polar surface area (TPSA) is 90.7 Å². The van der Waals surface area contributed by atoms with E-state index in [-0.39, 0.29) is 5.91 Å².